The third-order valence-electron chi connectivity index (χ3n) is 1.38. The van der Waals surface area contributed by atoms with Crippen LogP contribution in [0.3, 0.4) is 0 Å². The highest BCUT2D eigenvalue weighted by Gasteiger charge is 1.93. The van der Waals surface area contributed by atoms with Crippen LogP contribution >= 0.6 is 0 Å². The van der Waals surface area contributed by atoms with Gasteiger partial charge in [0.25, 0.3) is 0 Å². The summed E-state index contributed by atoms with van der Waals surface area (Å²) in [6.45, 7) is 1.74. The highest BCUT2D eigenvalue weighted by atomic mass is 19.1. The highest BCUT2D eigenvalue weighted by molar-refractivity contribution is 5.80. The van der Waals surface area contributed by atoms with Gasteiger partial charge in [0.2, 0.25) is 0 Å². The van der Waals surface area contributed by atoms with Gasteiger partial charge in [-0.3, -0.25) is 0 Å². The van der Waals surface area contributed by atoms with Crippen LogP contribution in [0.25, 0.3) is 0 Å². The van der Waals surface area contributed by atoms with E-state index in [1.54, 1.807) is 19.1 Å². The number of halogens is 1. The van der Waals surface area contributed by atoms with E-state index in [1.807, 2.05) is 0 Å². The fraction of sp³-hybridized carbons (Fsp3) is 0.222. The second-order valence-electron chi connectivity index (χ2n) is 2.58. The molecule has 1 nitrogen and oxygen atoms in total. The Balaban J connectivity index is 2.74. The van der Waals surface area contributed by atoms with Gasteiger partial charge in [-0.05, 0) is 24.6 Å². The van der Waals surface area contributed by atoms with E-state index < -0.39 is 0 Å². The first kappa shape index (κ1) is 7.92. The van der Waals surface area contributed by atoms with Crippen molar-refractivity contribution in [1.82, 2.24) is 0 Å². The fourth-order valence-corrected chi connectivity index (χ4v) is 0.908. The normalized spacial score (nSPS) is 9.64. The lowest BCUT2D eigenvalue weighted by Gasteiger charge is -1.97. The molecule has 2 heteroatoms. The maximum absolute atomic E-state index is 12.4. The van der Waals surface area contributed by atoms with E-state index in [9.17, 15) is 4.39 Å². The van der Waals surface area contributed by atoms with Crippen LogP contribution in [0.1, 0.15) is 12.5 Å². The van der Waals surface area contributed by atoms with Gasteiger partial charge >= 0.3 is 0 Å². The van der Waals surface area contributed by atoms with Gasteiger partial charge in [-0.1, -0.05) is 12.1 Å². The van der Waals surface area contributed by atoms with Crippen molar-refractivity contribution >= 4 is 5.71 Å². The van der Waals surface area contributed by atoms with Crippen LogP contribution in [0.15, 0.2) is 24.3 Å². The van der Waals surface area contributed by atoms with Crippen molar-refractivity contribution in [3.8, 4) is 0 Å². The average molecular weight is 151 g/mol. The first-order valence-electron chi connectivity index (χ1n) is 3.47. The Morgan fingerprint density at radius 3 is 2.36 bits per heavy atom. The molecular formula is C9H10FN. The molecule has 0 aromatic heterocycles. The van der Waals surface area contributed by atoms with E-state index in [-0.39, 0.29) is 5.82 Å². The fourth-order valence-electron chi connectivity index (χ4n) is 0.908. The lowest BCUT2D eigenvalue weighted by atomic mass is 10.1. The zero-order valence-electron chi connectivity index (χ0n) is 6.39. The van der Waals surface area contributed by atoms with Crippen LogP contribution in [0.5, 0.6) is 0 Å². The number of benzene rings is 1. The Labute approximate surface area is 65.4 Å². The second kappa shape index (κ2) is 3.28. The minimum absolute atomic E-state index is 0.226. The Hall–Kier alpha value is -1.18. The van der Waals surface area contributed by atoms with Crippen molar-refractivity contribution < 1.29 is 4.39 Å². The molecule has 0 aliphatic carbocycles. The van der Waals surface area contributed by atoms with Crippen LogP contribution in [-0.4, -0.2) is 5.71 Å². The molecule has 1 N–H and O–H groups in total. The van der Waals surface area contributed by atoms with E-state index in [0.29, 0.717) is 12.1 Å². The minimum atomic E-state index is -0.226. The number of nitrogens with one attached hydrogen (secondary N) is 1. The predicted octanol–water partition coefficient (Wildman–Crippen LogP) is 2.41. The summed E-state index contributed by atoms with van der Waals surface area (Å²) in [7, 11) is 0. The third kappa shape index (κ3) is 2.50. The lowest BCUT2D eigenvalue weighted by Crippen LogP contribution is -1.94. The molecule has 0 heterocycles. The van der Waals surface area contributed by atoms with E-state index in [1.165, 1.54) is 12.1 Å². The van der Waals surface area contributed by atoms with Gasteiger partial charge in [0, 0.05) is 12.1 Å². The SMILES string of the molecule is CC(=N)Cc1ccc(F)cc1. The van der Waals surface area contributed by atoms with Crippen molar-refractivity contribution in [3.05, 3.63) is 35.6 Å². The van der Waals surface area contributed by atoms with Crippen molar-refractivity contribution in [2.24, 2.45) is 0 Å². The summed E-state index contributed by atoms with van der Waals surface area (Å²) in [4.78, 5) is 0. The molecule has 0 aliphatic rings. The lowest BCUT2D eigenvalue weighted by molar-refractivity contribution is 0.627. The monoisotopic (exact) mass is 151 g/mol. The van der Waals surface area contributed by atoms with Crippen LogP contribution in [-0.2, 0) is 6.42 Å². The van der Waals surface area contributed by atoms with E-state index in [0.717, 1.165) is 5.56 Å². The first-order valence-corrected chi connectivity index (χ1v) is 3.47. The Morgan fingerprint density at radius 2 is 1.91 bits per heavy atom. The van der Waals surface area contributed by atoms with E-state index in [4.69, 9.17) is 5.41 Å². The molecular weight excluding hydrogens is 141 g/mol. The number of hydrogen-bond donors (Lipinski definition) is 1. The summed E-state index contributed by atoms with van der Waals surface area (Å²) in [5.41, 5.74) is 1.58. The average Bonchev–Trinajstić information content (AvgIpc) is 1.93. The second-order valence-corrected chi connectivity index (χ2v) is 2.58. The summed E-state index contributed by atoms with van der Waals surface area (Å²) in [6, 6.07) is 6.23. The molecule has 0 saturated carbocycles. The summed E-state index contributed by atoms with van der Waals surface area (Å²) < 4.78 is 12.4. The van der Waals surface area contributed by atoms with Crippen LogP contribution in [0.4, 0.5) is 4.39 Å². The van der Waals surface area contributed by atoms with Crippen LogP contribution in [0, 0.1) is 11.2 Å². The molecule has 1 aromatic rings. The van der Waals surface area contributed by atoms with Gasteiger partial charge in [0.15, 0.2) is 0 Å². The van der Waals surface area contributed by atoms with Crippen LogP contribution < -0.4 is 0 Å². The number of hydrogen-bond acceptors (Lipinski definition) is 1. The first-order chi connectivity index (χ1) is 5.18. The molecule has 0 amide bonds. The summed E-state index contributed by atoms with van der Waals surface area (Å²) >= 11 is 0. The largest absolute Gasteiger partial charge is 0.310 e. The topological polar surface area (TPSA) is 23.9 Å². The molecule has 1 rings (SSSR count). The molecule has 0 unspecified atom stereocenters. The quantitative estimate of drug-likeness (QED) is 0.627. The standard InChI is InChI=1S/C9H10FN/c1-7(11)6-8-2-4-9(10)5-3-8/h2-5,11H,6H2,1H3. The molecule has 1 aromatic carbocycles. The highest BCUT2D eigenvalue weighted by Crippen LogP contribution is 2.03. The van der Waals surface area contributed by atoms with E-state index >= 15 is 0 Å². The van der Waals surface area contributed by atoms with Gasteiger partial charge in [-0.2, -0.15) is 0 Å². The van der Waals surface area contributed by atoms with Gasteiger partial charge < -0.3 is 5.41 Å². The van der Waals surface area contributed by atoms with Crippen molar-refractivity contribution in [2.75, 3.05) is 0 Å². The Morgan fingerprint density at radius 1 is 1.36 bits per heavy atom. The molecule has 0 bridgehead atoms. The predicted molar refractivity (Wildman–Crippen MR) is 43.5 cm³/mol. The minimum Gasteiger partial charge on any atom is -0.310 e. The summed E-state index contributed by atoms with van der Waals surface area (Å²) in [5.74, 6) is -0.226. The Bertz CT molecular complexity index is 251. The van der Waals surface area contributed by atoms with Crippen molar-refractivity contribution in [1.29, 1.82) is 5.41 Å². The zero-order valence-corrected chi connectivity index (χ0v) is 6.39. The summed E-state index contributed by atoms with van der Waals surface area (Å²) in [6.07, 6.45) is 0.611. The van der Waals surface area contributed by atoms with Gasteiger partial charge in [0.1, 0.15) is 5.82 Å². The zero-order chi connectivity index (χ0) is 8.27. The molecule has 58 valence electrons. The summed E-state index contributed by atoms with van der Waals surface area (Å²) in [5, 5.41) is 7.19. The Kier molecular flexibility index (Phi) is 2.36. The van der Waals surface area contributed by atoms with Crippen LogP contribution in [0.2, 0.25) is 0 Å². The van der Waals surface area contributed by atoms with Gasteiger partial charge in [-0.25, -0.2) is 4.39 Å². The van der Waals surface area contributed by atoms with Crippen molar-refractivity contribution in [3.63, 3.8) is 0 Å². The molecule has 0 radical (unpaired) electrons. The smallest absolute Gasteiger partial charge is 0.123 e. The van der Waals surface area contributed by atoms with Crippen molar-refractivity contribution in [2.45, 2.75) is 13.3 Å². The molecule has 0 spiro atoms. The molecule has 0 fully saturated rings. The van der Waals surface area contributed by atoms with Gasteiger partial charge in [-0.15, -0.1) is 0 Å². The third-order valence-corrected chi connectivity index (χ3v) is 1.38. The molecule has 0 aliphatic heterocycles. The molecule has 0 atom stereocenters. The maximum atomic E-state index is 12.4. The van der Waals surface area contributed by atoms with Gasteiger partial charge in [0.05, 0.1) is 0 Å². The molecule has 11 heavy (non-hydrogen) atoms. The van der Waals surface area contributed by atoms with E-state index in [2.05, 4.69) is 0 Å². The molecule has 0 saturated heterocycles. The number of rotatable bonds is 2. The maximum Gasteiger partial charge on any atom is 0.123 e.